The third kappa shape index (κ3) is 4.88. The molecule has 1 aromatic carbocycles. The van der Waals surface area contributed by atoms with E-state index in [4.69, 9.17) is 26.2 Å². The van der Waals surface area contributed by atoms with E-state index in [1.54, 1.807) is 21.9 Å². The number of rotatable bonds is 13. The fourth-order valence-corrected chi connectivity index (χ4v) is 7.45. The van der Waals surface area contributed by atoms with E-state index in [0.29, 0.717) is 36.5 Å². The maximum atomic E-state index is 14.7. The van der Waals surface area contributed by atoms with E-state index in [9.17, 15) is 14.4 Å². The summed E-state index contributed by atoms with van der Waals surface area (Å²) in [7, 11) is 0. The highest BCUT2D eigenvalue weighted by Crippen LogP contribution is 2.65. The first-order chi connectivity index (χ1) is 19.1. The van der Waals surface area contributed by atoms with Gasteiger partial charge in [0.2, 0.25) is 5.91 Å². The van der Waals surface area contributed by atoms with Crippen LogP contribution < -0.4 is 4.90 Å². The van der Waals surface area contributed by atoms with Crippen LogP contribution in [0.5, 0.6) is 0 Å². The topological polar surface area (TPSA) is 96.4 Å². The molecule has 9 heteroatoms. The molecule has 1 N–H and O–H groups in total. The number of anilines is 1. The second kappa shape index (κ2) is 12.0. The lowest BCUT2D eigenvalue weighted by Crippen LogP contribution is -2.57. The fourth-order valence-electron chi connectivity index (χ4n) is 7.13. The number of hydrogen-bond donors (Lipinski definition) is 1. The normalized spacial score (nSPS) is 30.3. The first-order valence-corrected chi connectivity index (χ1v) is 14.5. The zero-order valence-electron chi connectivity index (χ0n) is 23.7. The number of esters is 1. The van der Waals surface area contributed by atoms with Gasteiger partial charge < -0.3 is 24.4 Å². The zero-order valence-corrected chi connectivity index (χ0v) is 24.5. The van der Waals surface area contributed by atoms with Crippen molar-refractivity contribution in [1.29, 1.82) is 0 Å². The summed E-state index contributed by atoms with van der Waals surface area (Å²) in [6.45, 7) is 13.9. The monoisotopic (exact) mass is 572 g/mol. The molecule has 3 heterocycles. The Hall–Kier alpha value is -2.68. The molecule has 1 spiro atoms. The van der Waals surface area contributed by atoms with Gasteiger partial charge in [-0.2, -0.15) is 0 Å². The van der Waals surface area contributed by atoms with Crippen LogP contribution in [0, 0.1) is 24.7 Å². The molecule has 6 atom stereocenters. The number of fused-ring (bicyclic) bond motifs is 1. The third-order valence-corrected chi connectivity index (χ3v) is 9.29. The Morgan fingerprint density at radius 1 is 1.25 bits per heavy atom. The Balaban J connectivity index is 1.79. The molecule has 218 valence electrons. The molecule has 8 nitrogen and oxygen atoms in total. The Bertz CT molecular complexity index is 1150. The number of amides is 2. The van der Waals surface area contributed by atoms with Gasteiger partial charge in [0.1, 0.15) is 24.2 Å². The van der Waals surface area contributed by atoms with E-state index in [0.717, 1.165) is 18.4 Å². The first kappa shape index (κ1) is 30.3. The molecular weight excluding hydrogens is 532 g/mol. The van der Waals surface area contributed by atoms with Crippen LogP contribution in [0.2, 0.25) is 5.02 Å². The van der Waals surface area contributed by atoms with Gasteiger partial charge in [0, 0.05) is 19.7 Å². The minimum Gasteiger partial charge on any atom is -0.461 e. The highest BCUT2D eigenvalue weighted by Gasteiger charge is 2.80. The lowest BCUT2D eigenvalue weighted by molar-refractivity contribution is -0.160. The number of ether oxygens (including phenoxy) is 2. The smallest absolute Gasteiger partial charge is 0.313 e. The van der Waals surface area contributed by atoms with Gasteiger partial charge in [0.15, 0.2) is 0 Å². The molecule has 0 radical (unpaired) electrons. The van der Waals surface area contributed by atoms with E-state index in [1.165, 1.54) is 6.08 Å². The Labute approximate surface area is 241 Å². The molecule has 3 aliphatic heterocycles. The summed E-state index contributed by atoms with van der Waals surface area (Å²) in [5.41, 5.74) is -0.745. The van der Waals surface area contributed by atoms with Crippen molar-refractivity contribution in [3.05, 3.63) is 54.1 Å². The molecule has 4 rings (SSSR count). The molecule has 40 heavy (non-hydrogen) atoms. The maximum absolute atomic E-state index is 14.7. The largest absolute Gasteiger partial charge is 0.461 e. The van der Waals surface area contributed by atoms with Gasteiger partial charge in [0.25, 0.3) is 5.91 Å². The number of para-hydroxylation sites is 1. The van der Waals surface area contributed by atoms with Gasteiger partial charge in [-0.25, -0.2) is 0 Å². The van der Waals surface area contributed by atoms with Gasteiger partial charge in [0.05, 0.1) is 22.2 Å². The minimum atomic E-state index is -1.18. The molecule has 3 fully saturated rings. The van der Waals surface area contributed by atoms with E-state index in [-0.39, 0.29) is 37.5 Å². The molecule has 2 bridgehead atoms. The molecule has 0 saturated carbocycles. The van der Waals surface area contributed by atoms with Crippen LogP contribution in [0.1, 0.15) is 51.5 Å². The number of benzene rings is 1. The van der Waals surface area contributed by atoms with Gasteiger partial charge in [-0.1, -0.05) is 62.2 Å². The van der Waals surface area contributed by atoms with E-state index < -0.39 is 35.0 Å². The van der Waals surface area contributed by atoms with Gasteiger partial charge in [-0.15, -0.1) is 6.58 Å². The molecule has 3 saturated heterocycles. The van der Waals surface area contributed by atoms with Crippen molar-refractivity contribution in [2.24, 2.45) is 17.8 Å². The Morgan fingerprint density at radius 3 is 2.62 bits per heavy atom. The van der Waals surface area contributed by atoms with Crippen LogP contribution in [-0.4, -0.2) is 71.3 Å². The second-order valence-corrected chi connectivity index (χ2v) is 11.8. The summed E-state index contributed by atoms with van der Waals surface area (Å²) in [6.07, 6.45) is 6.54. The molecule has 3 aliphatic rings. The van der Waals surface area contributed by atoms with Gasteiger partial charge in [-0.3, -0.25) is 14.4 Å². The van der Waals surface area contributed by atoms with Gasteiger partial charge in [-0.05, 0) is 50.7 Å². The van der Waals surface area contributed by atoms with Crippen molar-refractivity contribution >= 4 is 35.1 Å². The summed E-state index contributed by atoms with van der Waals surface area (Å²) < 4.78 is 12.3. The van der Waals surface area contributed by atoms with Crippen molar-refractivity contribution in [2.75, 3.05) is 31.2 Å². The first-order valence-electron chi connectivity index (χ1n) is 14.2. The number of likely N-dealkylation sites (tertiary alicyclic amines) is 1. The quantitative estimate of drug-likeness (QED) is 0.213. The Morgan fingerprint density at radius 2 is 1.98 bits per heavy atom. The maximum Gasteiger partial charge on any atom is 0.313 e. The molecule has 0 aromatic heterocycles. The lowest BCUT2D eigenvalue weighted by Gasteiger charge is -2.37. The number of aryl methyl sites for hydroxylation is 1. The average Bonchev–Trinajstić information content (AvgIpc) is 3.42. The van der Waals surface area contributed by atoms with Crippen LogP contribution in [0.3, 0.4) is 0 Å². The fraction of sp³-hybridized carbons (Fsp3) is 0.581. The SMILES string of the molecule is C=CCOC(=O)[C@@H]1[C@H]2C(=O)N(CCCCCCO)C(C(=O)N(CC=C)c3c(C)cccc3Cl)C23CC(C)[C@@]1(C)O3. The summed E-state index contributed by atoms with van der Waals surface area (Å²) >= 11 is 6.62. The van der Waals surface area contributed by atoms with Crippen molar-refractivity contribution in [3.8, 4) is 0 Å². The lowest BCUT2D eigenvalue weighted by atomic mass is 9.62. The summed E-state index contributed by atoms with van der Waals surface area (Å²) in [4.78, 5) is 45.6. The summed E-state index contributed by atoms with van der Waals surface area (Å²) in [5.74, 6) is -2.84. The minimum absolute atomic E-state index is 0.0313. The van der Waals surface area contributed by atoms with Crippen LogP contribution in [-0.2, 0) is 23.9 Å². The second-order valence-electron chi connectivity index (χ2n) is 11.4. The van der Waals surface area contributed by atoms with Crippen molar-refractivity contribution in [1.82, 2.24) is 4.90 Å². The van der Waals surface area contributed by atoms with Gasteiger partial charge >= 0.3 is 5.97 Å². The standard InChI is InChI=1S/C31H41ClN2O6/c1-6-15-33(25-20(3)13-12-14-22(25)32)28(37)26-31-19-21(4)30(5,40-31)24(29(38)39-18-7-2)23(31)27(36)34(26)16-10-8-9-11-17-35/h6-7,12-14,21,23-24,26,35H,1-2,8-11,15-19H2,3-5H3/t21?,23-,24-,26?,30+,31?/m0/s1. The molecule has 3 unspecified atom stereocenters. The Kier molecular flexibility index (Phi) is 9.12. The van der Waals surface area contributed by atoms with Crippen molar-refractivity contribution in [3.63, 3.8) is 0 Å². The summed E-state index contributed by atoms with van der Waals surface area (Å²) in [5, 5.41) is 9.59. The predicted octanol–water partition coefficient (Wildman–Crippen LogP) is 4.46. The molecule has 2 amide bonds. The average molecular weight is 573 g/mol. The number of aliphatic hydroxyl groups is 1. The third-order valence-electron chi connectivity index (χ3n) is 8.99. The number of nitrogens with zero attached hydrogens (tertiary/aromatic N) is 2. The molecule has 1 aromatic rings. The van der Waals surface area contributed by atoms with Crippen LogP contribution in [0.15, 0.2) is 43.5 Å². The number of aliphatic hydroxyl groups excluding tert-OH is 1. The van der Waals surface area contributed by atoms with Crippen molar-refractivity contribution < 1.29 is 29.0 Å². The zero-order chi connectivity index (χ0) is 29.2. The van der Waals surface area contributed by atoms with E-state index in [2.05, 4.69) is 13.2 Å². The number of halogens is 1. The number of hydrogen-bond acceptors (Lipinski definition) is 6. The number of carbonyl (C=O) groups is 3. The predicted molar refractivity (Wildman–Crippen MR) is 154 cm³/mol. The van der Waals surface area contributed by atoms with Crippen LogP contribution >= 0.6 is 11.6 Å². The molecule has 0 aliphatic carbocycles. The van der Waals surface area contributed by atoms with Crippen LogP contribution in [0.25, 0.3) is 0 Å². The highest BCUT2D eigenvalue weighted by molar-refractivity contribution is 6.34. The highest BCUT2D eigenvalue weighted by atomic mass is 35.5. The van der Waals surface area contributed by atoms with Crippen molar-refractivity contribution in [2.45, 2.75) is 70.1 Å². The number of unbranched alkanes of at least 4 members (excludes halogenated alkanes) is 3. The van der Waals surface area contributed by atoms with E-state index in [1.807, 2.05) is 32.9 Å². The summed E-state index contributed by atoms with van der Waals surface area (Å²) in [6, 6.07) is 4.50. The van der Waals surface area contributed by atoms with E-state index >= 15 is 0 Å². The number of carbonyl (C=O) groups excluding carboxylic acids is 3. The van der Waals surface area contributed by atoms with Crippen LogP contribution in [0.4, 0.5) is 5.69 Å². The molecular formula is C31H41ClN2O6.